The van der Waals surface area contributed by atoms with Crippen molar-refractivity contribution < 1.29 is 23.9 Å². The fraction of sp³-hybridized carbons (Fsp3) is 0.254. The van der Waals surface area contributed by atoms with Gasteiger partial charge in [0.05, 0.1) is 26.4 Å². The van der Waals surface area contributed by atoms with Crippen LogP contribution in [0, 0.1) is 13.8 Å². The van der Waals surface area contributed by atoms with Gasteiger partial charge in [-0.15, -0.1) is 0 Å². The lowest BCUT2D eigenvalue weighted by Crippen LogP contribution is -2.40. The van der Waals surface area contributed by atoms with Gasteiger partial charge in [0.15, 0.2) is 17.3 Å². The zero-order valence-electron chi connectivity index (χ0n) is 41.3. The largest absolute Gasteiger partial charge is 0.379 e. The third-order valence-corrected chi connectivity index (χ3v) is 14.6. The molecule has 2 saturated heterocycles. The van der Waals surface area contributed by atoms with E-state index in [-0.39, 0.29) is 29.2 Å². The van der Waals surface area contributed by atoms with E-state index in [1.807, 2.05) is 146 Å². The molecule has 0 spiro atoms. The zero-order chi connectivity index (χ0) is 49.4. The van der Waals surface area contributed by atoms with Crippen LogP contribution in [0.1, 0.15) is 81.9 Å². The van der Waals surface area contributed by atoms with Crippen LogP contribution < -0.4 is 0 Å². The second-order valence-electron chi connectivity index (χ2n) is 19.2. The van der Waals surface area contributed by atoms with Crippen LogP contribution in [0.25, 0.3) is 11.1 Å². The van der Waals surface area contributed by atoms with Gasteiger partial charge in [-0.05, 0) is 58.4 Å². The molecule has 0 aromatic heterocycles. The Kier molecular flexibility index (Phi) is 15.1. The predicted molar refractivity (Wildman–Crippen MR) is 286 cm³/mol. The van der Waals surface area contributed by atoms with E-state index in [1.54, 1.807) is 0 Å². The van der Waals surface area contributed by atoms with Crippen molar-refractivity contribution >= 4 is 28.5 Å². The number of Topliss-reactive ketones (excluding diaryl/α,β-unsaturated/α-hetero) is 2. The van der Waals surface area contributed by atoms with E-state index in [0.29, 0.717) is 46.5 Å². The normalized spacial score (nSPS) is 18.7. The molecule has 0 amide bonds. The Bertz CT molecular complexity index is 2820. The van der Waals surface area contributed by atoms with Gasteiger partial charge < -0.3 is 19.3 Å². The van der Waals surface area contributed by atoms with Gasteiger partial charge in [-0.2, -0.15) is 0 Å². The van der Waals surface area contributed by atoms with Crippen LogP contribution in [0.15, 0.2) is 194 Å². The Balaban J connectivity index is 0.963. The quantitative estimate of drug-likeness (QED) is 0.0881. The number of aryl methyl sites for hydroxylation is 2. The van der Waals surface area contributed by atoms with E-state index in [0.717, 1.165) is 110 Å². The van der Waals surface area contributed by atoms with E-state index in [9.17, 15) is 14.4 Å². The van der Waals surface area contributed by atoms with Crippen molar-refractivity contribution in [3.8, 4) is 0 Å². The first-order valence-electron chi connectivity index (χ1n) is 25.3. The smallest absolute Gasteiger partial charge is 0.193 e. The summed E-state index contributed by atoms with van der Waals surface area (Å²) in [5, 5.41) is 0. The first kappa shape index (κ1) is 48.4. The molecule has 6 aromatic rings. The van der Waals surface area contributed by atoms with Crippen LogP contribution >= 0.6 is 0 Å². The van der Waals surface area contributed by atoms with Crippen molar-refractivity contribution in [2.75, 3.05) is 78.8 Å². The molecule has 2 atom stereocenters. The van der Waals surface area contributed by atoms with Crippen molar-refractivity contribution in [2.45, 2.75) is 25.7 Å². The van der Waals surface area contributed by atoms with Crippen LogP contribution in [-0.4, -0.2) is 116 Å². The average molecular weight is 955 g/mol. The molecule has 0 radical (unpaired) electrons. The Morgan fingerprint density at radius 1 is 0.403 bits per heavy atom. The van der Waals surface area contributed by atoms with E-state index < -0.39 is 0 Å². The highest BCUT2D eigenvalue weighted by Gasteiger charge is 2.35. The van der Waals surface area contributed by atoms with Gasteiger partial charge in [0.2, 0.25) is 0 Å². The van der Waals surface area contributed by atoms with E-state index >= 15 is 0 Å². The molecule has 0 N–H and O–H groups in total. The fourth-order valence-corrected chi connectivity index (χ4v) is 10.5. The summed E-state index contributed by atoms with van der Waals surface area (Å²) in [6.07, 6.45) is 8.48. The second kappa shape index (κ2) is 22.4. The van der Waals surface area contributed by atoms with E-state index in [1.165, 1.54) is 0 Å². The molecule has 9 nitrogen and oxygen atoms in total. The number of hydrogen-bond acceptors (Lipinski definition) is 9. The van der Waals surface area contributed by atoms with Crippen molar-refractivity contribution in [2.24, 2.45) is 0 Å². The lowest BCUT2D eigenvalue weighted by molar-refractivity contribution is 0.0363. The van der Waals surface area contributed by atoms with Crippen molar-refractivity contribution in [3.63, 3.8) is 0 Å². The number of ether oxygens (including phenoxy) is 2. The highest BCUT2D eigenvalue weighted by atomic mass is 16.5. The zero-order valence-corrected chi connectivity index (χ0v) is 41.3. The molecule has 4 aliphatic rings. The second-order valence-corrected chi connectivity index (χ2v) is 19.2. The lowest BCUT2D eigenvalue weighted by atomic mass is 9.76. The van der Waals surface area contributed by atoms with Gasteiger partial charge in [-0.1, -0.05) is 158 Å². The molecule has 0 aliphatic carbocycles. The number of ketones is 3. The van der Waals surface area contributed by atoms with Gasteiger partial charge in [-0.25, -0.2) is 0 Å². The molecule has 364 valence electrons. The van der Waals surface area contributed by atoms with Crippen molar-refractivity contribution in [1.29, 1.82) is 0 Å². The molecule has 6 aromatic carbocycles. The molecule has 9 heteroatoms. The first-order valence-corrected chi connectivity index (χ1v) is 25.3. The summed E-state index contributed by atoms with van der Waals surface area (Å²) in [5.41, 5.74) is 12.1. The lowest BCUT2D eigenvalue weighted by Gasteiger charge is -2.34. The maximum absolute atomic E-state index is 14.6. The number of hydrogen-bond donors (Lipinski definition) is 0. The molecule has 0 saturated carbocycles. The summed E-state index contributed by atoms with van der Waals surface area (Å²) >= 11 is 0. The number of allylic oxidation sites excluding steroid dienone is 4. The van der Waals surface area contributed by atoms with Crippen molar-refractivity contribution in [3.05, 3.63) is 249 Å². The Hall–Kier alpha value is -7.27. The maximum atomic E-state index is 14.6. The summed E-state index contributed by atoms with van der Waals surface area (Å²) in [6, 6.07) is 51.4. The minimum atomic E-state index is -0.334. The van der Waals surface area contributed by atoms with Crippen LogP contribution in [0.5, 0.6) is 0 Å². The first-order chi connectivity index (χ1) is 35.3. The number of nitrogens with zero attached hydrogens (tertiary/aromatic N) is 4. The fourth-order valence-electron chi connectivity index (χ4n) is 10.5. The van der Waals surface area contributed by atoms with Gasteiger partial charge in [0.1, 0.15) is 0 Å². The van der Waals surface area contributed by atoms with Gasteiger partial charge >= 0.3 is 0 Å². The van der Waals surface area contributed by atoms with Crippen LogP contribution in [0.4, 0.5) is 0 Å². The Labute approximate surface area is 424 Å². The molecule has 0 bridgehead atoms. The molecule has 2 unspecified atom stereocenters. The van der Waals surface area contributed by atoms with Gasteiger partial charge in [0.25, 0.3) is 0 Å². The topological polar surface area (TPSA) is 82.6 Å². The van der Waals surface area contributed by atoms with Gasteiger partial charge in [-0.3, -0.25) is 24.2 Å². The van der Waals surface area contributed by atoms with Crippen molar-refractivity contribution in [1.82, 2.24) is 19.6 Å². The Morgan fingerprint density at radius 3 is 1.12 bits per heavy atom. The number of morpholine rings is 2. The van der Waals surface area contributed by atoms with Gasteiger partial charge in [0, 0.05) is 122 Å². The van der Waals surface area contributed by atoms with E-state index in [4.69, 9.17) is 9.47 Å². The molecule has 10 rings (SSSR count). The van der Waals surface area contributed by atoms with E-state index in [2.05, 4.69) is 70.1 Å². The summed E-state index contributed by atoms with van der Waals surface area (Å²) in [6.45, 7) is 13.7. The maximum Gasteiger partial charge on any atom is 0.193 e. The standard InChI is InChI=1S/C63H62N4O5/c1-45-13-9-11-19-53(45)59-55(41-66(31-29-64-33-37-71-38-34-64)43-57(59)62(69)49-15-5-3-6-16-49)47-21-25-51(26-22-47)61(68)52-27-23-48(24-28-52)56-42-67(32-30-65-35-39-72-40-36-65)44-58(63(70)50-17-7-4-8-18-50)60(56)54-20-12-10-14-46(54)2/h3-28,41-44,59-60H,29-40H2,1-2H3. The van der Waals surface area contributed by atoms with Crippen LogP contribution in [0.2, 0.25) is 0 Å². The minimum Gasteiger partial charge on any atom is -0.379 e. The summed E-state index contributed by atoms with van der Waals surface area (Å²) in [4.78, 5) is 52.9. The third-order valence-electron chi connectivity index (χ3n) is 14.6. The number of benzene rings is 6. The molecule has 72 heavy (non-hydrogen) atoms. The summed E-state index contributed by atoms with van der Waals surface area (Å²) in [7, 11) is 0. The highest BCUT2D eigenvalue weighted by molar-refractivity contribution is 6.13. The number of carbonyl (C=O) groups is 3. The molecule has 4 aliphatic heterocycles. The predicted octanol–water partition coefficient (Wildman–Crippen LogP) is 10.6. The molecule has 2 fully saturated rings. The SMILES string of the molecule is Cc1ccccc1C1C(C(=O)c2ccccc2)=CN(CCN2CCOCC2)C=C1c1ccc(C(=O)c2ccc(C3=CN(CCN4CCOCC4)C=C(C(=O)c4ccccc4)C3c3ccccc3C)cc2)cc1. The minimum absolute atomic E-state index is 0.00831. The van der Waals surface area contributed by atoms with Crippen LogP contribution in [-0.2, 0) is 9.47 Å². The summed E-state index contributed by atoms with van der Waals surface area (Å²) < 4.78 is 11.3. The third kappa shape index (κ3) is 10.8. The average Bonchev–Trinajstić information content (AvgIpc) is 3.44. The molecule has 4 heterocycles. The summed E-state index contributed by atoms with van der Waals surface area (Å²) in [5.74, 6) is -0.775. The number of rotatable bonds is 16. The molecular weight excluding hydrogens is 893 g/mol. The number of carbonyl (C=O) groups excluding carboxylic acids is 3. The van der Waals surface area contributed by atoms with Crippen LogP contribution in [0.3, 0.4) is 0 Å². The highest BCUT2D eigenvalue weighted by Crippen LogP contribution is 2.45. The Morgan fingerprint density at radius 2 is 0.750 bits per heavy atom. The molecular formula is C63H62N4O5. The monoisotopic (exact) mass is 954 g/mol.